The van der Waals surface area contributed by atoms with E-state index in [1.807, 2.05) is 30.3 Å². The van der Waals surface area contributed by atoms with Crippen molar-refractivity contribution in [3.8, 4) is 0 Å². The second-order valence-electron chi connectivity index (χ2n) is 4.40. The van der Waals surface area contributed by atoms with Crippen molar-refractivity contribution in [1.82, 2.24) is 20.3 Å². The molecule has 1 heterocycles. The van der Waals surface area contributed by atoms with Gasteiger partial charge in [0, 0.05) is 6.54 Å². The number of unbranched alkanes of at least 4 members (excludes halogenated alkanes) is 1. The average molecular weight is 258 g/mol. The largest absolute Gasteiger partial charge is 0.351 e. The van der Waals surface area contributed by atoms with Crippen molar-refractivity contribution >= 4 is 5.91 Å². The van der Waals surface area contributed by atoms with Crippen LogP contribution in [-0.4, -0.2) is 27.4 Å². The molecule has 100 valence electrons. The minimum atomic E-state index is -0.159. The molecule has 0 radical (unpaired) electrons. The fourth-order valence-corrected chi connectivity index (χ4v) is 1.72. The van der Waals surface area contributed by atoms with Gasteiger partial charge in [0.2, 0.25) is 0 Å². The van der Waals surface area contributed by atoms with Crippen LogP contribution in [0, 0.1) is 0 Å². The molecule has 0 unspecified atom stereocenters. The highest BCUT2D eigenvalue weighted by atomic mass is 16.2. The molecule has 0 atom stereocenters. The van der Waals surface area contributed by atoms with Crippen LogP contribution in [0.3, 0.4) is 0 Å². The zero-order valence-electron chi connectivity index (χ0n) is 11.0. The quantitative estimate of drug-likeness (QED) is 0.804. The van der Waals surface area contributed by atoms with E-state index < -0.39 is 0 Å². The highest BCUT2D eigenvalue weighted by molar-refractivity contribution is 5.91. The van der Waals surface area contributed by atoms with Crippen molar-refractivity contribution in [2.45, 2.75) is 26.3 Å². The summed E-state index contributed by atoms with van der Waals surface area (Å²) in [6, 6.07) is 9.96. The molecule has 1 N–H and O–H groups in total. The van der Waals surface area contributed by atoms with Gasteiger partial charge in [-0.15, -0.1) is 5.10 Å². The van der Waals surface area contributed by atoms with Crippen molar-refractivity contribution in [3.05, 3.63) is 47.8 Å². The van der Waals surface area contributed by atoms with Crippen molar-refractivity contribution in [2.75, 3.05) is 6.54 Å². The number of carbonyl (C=O) groups excluding carboxylic acids is 1. The molecule has 2 aromatic rings. The summed E-state index contributed by atoms with van der Waals surface area (Å²) in [7, 11) is 0. The molecule has 0 aliphatic heterocycles. The summed E-state index contributed by atoms with van der Waals surface area (Å²) in [5.74, 6) is -0.159. The van der Waals surface area contributed by atoms with Crippen LogP contribution in [-0.2, 0) is 6.54 Å². The number of aromatic nitrogens is 3. The van der Waals surface area contributed by atoms with E-state index in [0.717, 1.165) is 18.4 Å². The lowest BCUT2D eigenvalue weighted by Crippen LogP contribution is -2.24. The summed E-state index contributed by atoms with van der Waals surface area (Å²) in [6.45, 7) is 3.39. The summed E-state index contributed by atoms with van der Waals surface area (Å²) in [5, 5.41) is 10.7. The molecule has 1 aromatic heterocycles. The second kappa shape index (κ2) is 6.68. The van der Waals surface area contributed by atoms with E-state index in [4.69, 9.17) is 0 Å². The van der Waals surface area contributed by atoms with Gasteiger partial charge in [0.25, 0.3) is 5.91 Å². The fraction of sp³-hybridized carbons (Fsp3) is 0.357. The highest BCUT2D eigenvalue weighted by Gasteiger charge is 2.09. The van der Waals surface area contributed by atoms with Crippen LogP contribution < -0.4 is 5.32 Å². The number of rotatable bonds is 6. The van der Waals surface area contributed by atoms with E-state index in [0.29, 0.717) is 18.8 Å². The third-order valence-electron chi connectivity index (χ3n) is 2.77. The Labute approximate surface area is 112 Å². The maximum absolute atomic E-state index is 11.8. The van der Waals surface area contributed by atoms with E-state index in [9.17, 15) is 4.79 Å². The lowest BCUT2D eigenvalue weighted by Gasteiger charge is -2.00. The van der Waals surface area contributed by atoms with Gasteiger partial charge < -0.3 is 5.32 Å². The van der Waals surface area contributed by atoms with Gasteiger partial charge in [-0.05, 0) is 12.0 Å². The molecule has 0 saturated carbocycles. The van der Waals surface area contributed by atoms with Crippen LogP contribution in [0.4, 0.5) is 0 Å². The fourth-order valence-electron chi connectivity index (χ4n) is 1.72. The first-order chi connectivity index (χ1) is 9.29. The highest BCUT2D eigenvalue weighted by Crippen LogP contribution is 2.02. The molecular formula is C14H18N4O. The summed E-state index contributed by atoms with van der Waals surface area (Å²) in [4.78, 5) is 11.8. The number of hydrogen-bond acceptors (Lipinski definition) is 3. The van der Waals surface area contributed by atoms with Crippen molar-refractivity contribution in [3.63, 3.8) is 0 Å². The van der Waals surface area contributed by atoms with Crippen molar-refractivity contribution in [2.24, 2.45) is 0 Å². The van der Waals surface area contributed by atoms with Crippen molar-refractivity contribution in [1.29, 1.82) is 0 Å². The summed E-state index contributed by atoms with van der Waals surface area (Å²) < 4.78 is 1.67. The van der Waals surface area contributed by atoms with Gasteiger partial charge in [-0.1, -0.05) is 48.9 Å². The number of amides is 1. The second-order valence-corrected chi connectivity index (χ2v) is 4.40. The predicted molar refractivity (Wildman–Crippen MR) is 72.8 cm³/mol. The maximum atomic E-state index is 11.8. The zero-order valence-corrected chi connectivity index (χ0v) is 11.0. The van der Waals surface area contributed by atoms with E-state index in [2.05, 4.69) is 22.6 Å². The SMILES string of the molecule is CCCCNC(=O)c1cn(Cc2ccccc2)nn1. The molecule has 5 heteroatoms. The number of nitrogens with one attached hydrogen (secondary N) is 1. The minimum absolute atomic E-state index is 0.159. The first-order valence-electron chi connectivity index (χ1n) is 6.52. The third kappa shape index (κ3) is 3.91. The van der Waals surface area contributed by atoms with Gasteiger partial charge in [0.05, 0.1) is 12.7 Å². The van der Waals surface area contributed by atoms with Gasteiger partial charge in [-0.25, -0.2) is 4.68 Å². The molecule has 1 amide bonds. The summed E-state index contributed by atoms with van der Waals surface area (Å²) in [6.07, 6.45) is 3.71. The number of carbonyl (C=O) groups is 1. The molecule has 0 fully saturated rings. The topological polar surface area (TPSA) is 59.8 Å². The number of nitrogens with zero attached hydrogens (tertiary/aromatic N) is 3. The Kier molecular flexibility index (Phi) is 4.66. The van der Waals surface area contributed by atoms with Crippen LogP contribution in [0.1, 0.15) is 35.8 Å². The van der Waals surface area contributed by atoms with E-state index in [1.54, 1.807) is 10.9 Å². The maximum Gasteiger partial charge on any atom is 0.273 e. The molecule has 19 heavy (non-hydrogen) atoms. The normalized spacial score (nSPS) is 10.4. The first kappa shape index (κ1) is 13.3. The Bertz CT molecular complexity index is 521. The monoisotopic (exact) mass is 258 g/mol. The lowest BCUT2D eigenvalue weighted by atomic mass is 10.2. The molecule has 0 aliphatic carbocycles. The smallest absolute Gasteiger partial charge is 0.273 e. The van der Waals surface area contributed by atoms with E-state index in [-0.39, 0.29) is 5.91 Å². The van der Waals surface area contributed by atoms with Gasteiger partial charge >= 0.3 is 0 Å². The third-order valence-corrected chi connectivity index (χ3v) is 2.77. The van der Waals surface area contributed by atoms with Gasteiger partial charge in [-0.3, -0.25) is 4.79 Å². The Hall–Kier alpha value is -2.17. The van der Waals surface area contributed by atoms with Crippen molar-refractivity contribution < 1.29 is 4.79 Å². The summed E-state index contributed by atoms with van der Waals surface area (Å²) >= 11 is 0. The van der Waals surface area contributed by atoms with Crippen LogP contribution in [0.15, 0.2) is 36.5 Å². The number of benzene rings is 1. The van der Waals surface area contributed by atoms with E-state index in [1.165, 1.54) is 0 Å². The Morgan fingerprint density at radius 3 is 2.84 bits per heavy atom. The molecular weight excluding hydrogens is 240 g/mol. The molecule has 0 saturated heterocycles. The van der Waals surface area contributed by atoms with Gasteiger partial charge in [0.1, 0.15) is 0 Å². The minimum Gasteiger partial charge on any atom is -0.351 e. The Balaban J connectivity index is 1.93. The Morgan fingerprint density at radius 2 is 2.11 bits per heavy atom. The first-order valence-corrected chi connectivity index (χ1v) is 6.52. The average Bonchev–Trinajstić information content (AvgIpc) is 2.89. The van der Waals surface area contributed by atoms with Crippen LogP contribution in [0.2, 0.25) is 0 Å². The molecule has 0 aliphatic rings. The number of hydrogen-bond donors (Lipinski definition) is 1. The zero-order chi connectivity index (χ0) is 13.5. The van der Waals surface area contributed by atoms with E-state index >= 15 is 0 Å². The van der Waals surface area contributed by atoms with Gasteiger partial charge in [-0.2, -0.15) is 0 Å². The molecule has 0 spiro atoms. The molecule has 5 nitrogen and oxygen atoms in total. The van der Waals surface area contributed by atoms with Crippen LogP contribution in [0.25, 0.3) is 0 Å². The van der Waals surface area contributed by atoms with Gasteiger partial charge in [0.15, 0.2) is 5.69 Å². The van der Waals surface area contributed by atoms with Crippen LogP contribution in [0.5, 0.6) is 0 Å². The molecule has 2 rings (SSSR count). The Morgan fingerprint density at radius 1 is 1.32 bits per heavy atom. The molecule has 1 aromatic carbocycles. The lowest BCUT2D eigenvalue weighted by molar-refractivity contribution is 0.0948. The standard InChI is InChI=1S/C14H18N4O/c1-2-3-9-15-14(19)13-11-18(17-16-13)10-12-7-5-4-6-8-12/h4-8,11H,2-3,9-10H2,1H3,(H,15,19). The van der Waals surface area contributed by atoms with Crippen LogP contribution >= 0.6 is 0 Å². The predicted octanol–water partition coefficient (Wildman–Crippen LogP) is 1.86. The summed E-state index contributed by atoms with van der Waals surface area (Å²) in [5.41, 5.74) is 1.50. The molecule has 0 bridgehead atoms.